The topological polar surface area (TPSA) is 46.2 Å². The predicted octanol–water partition coefficient (Wildman–Crippen LogP) is 0.464. The maximum absolute atomic E-state index is 9.96. The Morgan fingerprint density at radius 3 is 2.57 bits per heavy atom. The molecular weight excluding hydrogens is 134 g/mol. The Bertz CT molecular complexity index is 83.8. The summed E-state index contributed by atoms with van der Waals surface area (Å²) in [6.07, 6.45) is 0. The van der Waals surface area contributed by atoms with Crippen LogP contribution in [0.15, 0.2) is 0 Å². The largest absolute Gasteiger partial charge is 0.296 e. The Labute approximate surface area is 50.4 Å². The second-order valence-electron chi connectivity index (χ2n) is 0.613. The van der Waals surface area contributed by atoms with Gasteiger partial charge < -0.3 is 0 Å². The van der Waals surface area contributed by atoms with Crippen molar-refractivity contribution in [2.24, 2.45) is 0 Å². The van der Waals surface area contributed by atoms with E-state index in [0.717, 1.165) is 0 Å². The highest BCUT2D eigenvalue weighted by atomic mass is 32.2. The van der Waals surface area contributed by atoms with Crippen molar-refractivity contribution in [2.45, 2.75) is 0 Å². The Morgan fingerprint density at radius 2 is 2.43 bits per heavy atom. The lowest BCUT2D eigenvalue weighted by atomic mass is 11.4. The van der Waals surface area contributed by atoms with E-state index < -0.39 is 5.24 Å². The van der Waals surface area contributed by atoms with Crippen LogP contribution in [-0.2, 0) is 4.79 Å². The van der Waals surface area contributed by atoms with Gasteiger partial charge >= 0.3 is 0 Å². The number of nitrogens with one attached hydrogen (secondary N) is 1. The van der Waals surface area contributed by atoms with Crippen LogP contribution in [-0.4, -0.2) is 10.9 Å². The summed E-state index contributed by atoms with van der Waals surface area (Å²) in [6.45, 7) is 0. The van der Waals surface area contributed by atoms with Gasteiger partial charge in [-0.1, -0.05) is 12.8 Å². The molecule has 0 aliphatic rings. The Hall–Kier alpha value is -0.160. The highest BCUT2D eigenvalue weighted by molar-refractivity contribution is 8.25. The van der Waals surface area contributed by atoms with E-state index in [9.17, 15) is 9.59 Å². The average molecular weight is 137 g/mol. The molecule has 40 valence electrons. The van der Waals surface area contributed by atoms with Crippen molar-refractivity contribution in [2.75, 3.05) is 0 Å². The van der Waals surface area contributed by atoms with Crippen LogP contribution in [0.25, 0.3) is 0 Å². The number of amides is 1. The van der Waals surface area contributed by atoms with Gasteiger partial charge in [-0.15, -0.1) is 0 Å². The molecule has 0 fully saturated rings. The molecule has 0 saturated carbocycles. The predicted molar refractivity (Wildman–Crippen MR) is 31.9 cm³/mol. The Morgan fingerprint density at radius 1 is 1.86 bits per heavy atom. The molecule has 0 unspecified atom stereocenters. The van der Waals surface area contributed by atoms with Gasteiger partial charge in [0.1, 0.15) is 0 Å². The molecule has 0 bridgehead atoms. The molecule has 0 aromatic rings. The summed E-state index contributed by atoms with van der Waals surface area (Å²) in [7, 11) is 0. The molecule has 3 nitrogen and oxygen atoms in total. The van der Waals surface area contributed by atoms with E-state index in [2.05, 4.69) is 12.8 Å². The van der Waals surface area contributed by atoms with Crippen molar-refractivity contribution in [3.05, 3.63) is 0 Å². The molecule has 5 heteroatoms. The van der Waals surface area contributed by atoms with E-state index in [-0.39, 0.29) is 0 Å². The Balaban J connectivity index is 3.17. The molecule has 0 rings (SSSR count). The molecule has 0 radical (unpaired) electrons. The minimum absolute atomic E-state index is 0.436. The highest BCUT2D eigenvalue weighted by Crippen LogP contribution is 1.92. The van der Waals surface area contributed by atoms with E-state index in [1.165, 1.54) is 0 Å². The number of hydrogen-bond donors (Lipinski definition) is 2. The van der Waals surface area contributed by atoms with Crippen LogP contribution in [0.5, 0.6) is 0 Å². The lowest BCUT2D eigenvalue weighted by Crippen LogP contribution is -2.03. The van der Waals surface area contributed by atoms with E-state index in [0.29, 0.717) is 17.4 Å². The average Bonchev–Trinajstić information content (AvgIpc) is 1.68. The lowest BCUT2D eigenvalue weighted by molar-refractivity contribution is 0.265. The zero-order chi connectivity index (χ0) is 5.70. The number of rotatable bonds is 1. The smallest absolute Gasteiger partial charge is 0.293 e. The third kappa shape index (κ3) is 3.68. The van der Waals surface area contributed by atoms with Gasteiger partial charge in [-0.2, -0.15) is 0 Å². The minimum atomic E-state index is -0.460. The molecule has 0 saturated heterocycles. The molecule has 0 aliphatic carbocycles. The third-order valence-electron chi connectivity index (χ3n) is 0.246. The quantitative estimate of drug-likeness (QED) is 0.408. The zero-order valence-electron chi connectivity index (χ0n) is 3.25. The minimum Gasteiger partial charge on any atom is -0.293 e. The van der Waals surface area contributed by atoms with Gasteiger partial charge in [-0.3, -0.25) is 14.3 Å². The van der Waals surface area contributed by atoms with Crippen molar-refractivity contribution in [3.8, 4) is 0 Å². The van der Waals surface area contributed by atoms with Crippen molar-refractivity contribution in [1.29, 1.82) is 0 Å². The summed E-state index contributed by atoms with van der Waals surface area (Å²) in [6, 6.07) is 0. The van der Waals surface area contributed by atoms with Crippen LogP contribution in [0, 0.1) is 0 Å². The van der Waals surface area contributed by atoms with E-state index >= 15 is 0 Å². The van der Waals surface area contributed by atoms with Gasteiger partial charge in [-0.25, -0.2) is 0 Å². The van der Waals surface area contributed by atoms with Crippen LogP contribution in [0.2, 0.25) is 0 Å². The number of hydrogen-bond acceptors (Lipinski definition) is 4. The summed E-state index contributed by atoms with van der Waals surface area (Å²) in [4.78, 5) is 19.4. The first-order valence-corrected chi connectivity index (χ1v) is 2.68. The molecule has 1 N–H and O–H groups in total. The summed E-state index contributed by atoms with van der Waals surface area (Å²) in [5, 5.41) is -0.460. The van der Waals surface area contributed by atoms with Crippen LogP contribution < -0.4 is 4.72 Å². The monoisotopic (exact) mass is 137 g/mol. The van der Waals surface area contributed by atoms with Gasteiger partial charge in [-0.05, 0) is 0 Å². The van der Waals surface area contributed by atoms with Gasteiger partial charge in [0.05, 0.1) is 0 Å². The second-order valence-corrected chi connectivity index (χ2v) is 1.64. The zero-order valence-corrected chi connectivity index (χ0v) is 4.96. The number of thiol groups is 1. The number of carbonyl (C=O) groups excluding carboxylic acids is 2. The summed E-state index contributed by atoms with van der Waals surface area (Å²) >= 11 is 3.89. The highest BCUT2D eigenvalue weighted by Gasteiger charge is 1.92. The summed E-state index contributed by atoms with van der Waals surface area (Å²) in [5.74, 6) is 0. The normalized spacial score (nSPS) is 7.57. The van der Waals surface area contributed by atoms with Crippen LogP contribution in [0.1, 0.15) is 0 Å². The standard InChI is InChI=1S/C2H3NO2S2/c4-1-7-2(5)3-6/h1,6H,(H,3,5). The Kier molecular flexibility index (Phi) is 3.92. The maximum atomic E-state index is 9.96. The fourth-order valence-corrected chi connectivity index (χ4v) is 0.368. The summed E-state index contributed by atoms with van der Waals surface area (Å²) in [5.41, 5.74) is 0.436. The molecule has 7 heavy (non-hydrogen) atoms. The van der Waals surface area contributed by atoms with Crippen LogP contribution in [0.4, 0.5) is 4.79 Å². The van der Waals surface area contributed by atoms with Crippen molar-refractivity contribution < 1.29 is 9.59 Å². The lowest BCUT2D eigenvalue weighted by Gasteiger charge is -1.84. The molecule has 0 spiro atoms. The number of thioether (sulfide) groups is 1. The SMILES string of the molecule is O=CSC(=O)NS. The van der Waals surface area contributed by atoms with Gasteiger partial charge in [0, 0.05) is 11.8 Å². The number of carbonyl (C=O) groups is 2. The van der Waals surface area contributed by atoms with Crippen LogP contribution >= 0.6 is 24.6 Å². The van der Waals surface area contributed by atoms with Crippen LogP contribution in [0.3, 0.4) is 0 Å². The second kappa shape index (κ2) is 4.01. The van der Waals surface area contributed by atoms with Crippen molar-refractivity contribution >= 4 is 35.4 Å². The molecule has 0 aromatic carbocycles. The molecular formula is C2H3NO2S2. The van der Waals surface area contributed by atoms with E-state index in [1.54, 1.807) is 0 Å². The van der Waals surface area contributed by atoms with Gasteiger partial charge in [0.25, 0.3) is 5.24 Å². The van der Waals surface area contributed by atoms with Crippen molar-refractivity contribution in [3.63, 3.8) is 0 Å². The third-order valence-corrected chi connectivity index (χ3v) is 1.01. The molecule has 0 aromatic heterocycles. The first-order chi connectivity index (χ1) is 3.31. The van der Waals surface area contributed by atoms with E-state index in [4.69, 9.17) is 0 Å². The van der Waals surface area contributed by atoms with Gasteiger partial charge in [0.15, 0.2) is 5.62 Å². The first kappa shape index (κ1) is 6.84. The first-order valence-electron chi connectivity index (χ1n) is 1.35. The summed E-state index contributed by atoms with van der Waals surface area (Å²) < 4.78 is 1.95. The fraction of sp³-hybridized carbons (Fsp3) is 0. The van der Waals surface area contributed by atoms with Crippen molar-refractivity contribution in [1.82, 2.24) is 4.72 Å². The van der Waals surface area contributed by atoms with Gasteiger partial charge in [0.2, 0.25) is 0 Å². The van der Waals surface area contributed by atoms with E-state index in [1.807, 2.05) is 4.72 Å². The maximum Gasteiger partial charge on any atom is 0.296 e. The molecule has 0 heterocycles. The fourth-order valence-electron chi connectivity index (χ4n) is 0.0701. The molecule has 0 atom stereocenters. The molecule has 0 aliphatic heterocycles. The molecule has 1 amide bonds.